The highest BCUT2D eigenvalue weighted by Gasteiger charge is 2.17. The van der Waals surface area contributed by atoms with Crippen molar-refractivity contribution in [2.45, 2.75) is 26.3 Å². The molecule has 0 saturated heterocycles. The van der Waals surface area contributed by atoms with Crippen LogP contribution in [0.2, 0.25) is 0 Å². The van der Waals surface area contributed by atoms with Crippen molar-refractivity contribution in [2.75, 3.05) is 7.11 Å². The van der Waals surface area contributed by atoms with Crippen molar-refractivity contribution in [1.29, 1.82) is 0 Å². The van der Waals surface area contributed by atoms with Crippen LogP contribution in [-0.2, 0) is 6.42 Å². The molecule has 0 fully saturated rings. The maximum atomic E-state index is 6.22. The van der Waals surface area contributed by atoms with Gasteiger partial charge in [-0.3, -0.25) is 4.40 Å². The van der Waals surface area contributed by atoms with Crippen molar-refractivity contribution in [1.82, 2.24) is 9.38 Å². The number of ether oxygens (including phenoxy) is 1. The molecule has 1 atom stereocenters. The molecular formula is C18H21N3O. The van der Waals surface area contributed by atoms with Gasteiger partial charge >= 0.3 is 0 Å². The summed E-state index contributed by atoms with van der Waals surface area (Å²) in [6.07, 6.45) is 0.745. The third-order valence-corrected chi connectivity index (χ3v) is 3.89. The molecule has 0 aliphatic heterocycles. The van der Waals surface area contributed by atoms with Crippen LogP contribution in [0.25, 0.3) is 5.65 Å². The SMILES string of the molecule is COc1cccc(Cc2nc3cccc(C)n3c2C(C)N)c1. The van der Waals surface area contributed by atoms with E-state index in [0.717, 1.165) is 34.9 Å². The molecule has 0 aliphatic rings. The average Bonchev–Trinajstić information content (AvgIpc) is 2.87. The molecule has 0 radical (unpaired) electrons. The highest BCUT2D eigenvalue weighted by molar-refractivity contribution is 5.47. The largest absolute Gasteiger partial charge is 0.497 e. The van der Waals surface area contributed by atoms with Gasteiger partial charge in [-0.05, 0) is 43.7 Å². The molecule has 0 amide bonds. The molecule has 22 heavy (non-hydrogen) atoms. The molecule has 2 N–H and O–H groups in total. The van der Waals surface area contributed by atoms with Crippen LogP contribution in [0.4, 0.5) is 0 Å². The van der Waals surface area contributed by atoms with Crippen molar-refractivity contribution < 1.29 is 4.74 Å². The number of nitrogens with zero attached hydrogens (tertiary/aromatic N) is 2. The average molecular weight is 295 g/mol. The van der Waals surface area contributed by atoms with Gasteiger partial charge in [0.05, 0.1) is 18.5 Å². The van der Waals surface area contributed by atoms with E-state index in [-0.39, 0.29) is 6.04 Å². The van der Waals surface area contributed by atoms with E-state index in [1.54, 1.807) is 7.11 Å². The normalized spacial score (nSPS) is 12.5. The van der Waals surface area contributed by atoms with E-state index < -0.39 is 0 Å². The fraction of sp³-hybridized carbons (Fsp3) is 0.278. The Morgan fingerprint density at radius 3 is 2.73 bits per heavy atom. The molecule has 1 aromatic carbocycles. The fourth-order valence-electron chi connectivity index (χ4n) is 2.90. The Morgan fingerprint density at radius 2 is 2.00 bits per heavy atom. The van der Waals surface area contributed by atoms with Gasteiger partial charge in [0.2, 0.25) is 0 Å². The number of imidazole rings is 1. The van der Waals surface area contributed by atoms with Crippen LogP contribution in [0.1, 0.15) is 35.6 Å². The first kappa shape index (κ1) is 14.6. The smallest absolute Gasteiger partial charge is 0.137 e. The highest BCUT2D eigenvalue weighted by Crippen LogP contribution is 2.24. The maximum absolute atomic E-state index is 6.22. The molecule has 4 nitrogen and oxygen atoms in total. The van der Waals surface area contributed by atoms with E-state index in [1.807, 2.05) is 37.3 Å². The Hall–Kier alpha value is -2.33. The van der Waals surface area contributed by atoms with E-state index in [2.05, 4.69) is 23.5 Å². The molecule has 0 spiro atoms. The minimum Gasteiger partial charge on any atom is -0.497 e. The summed E-state index contributed by atoms with van der Waals surface area (Å²) in [6, 6.07) is 14.1. The Balaban J connectivity index is 2.10. The van der Waals surface area contributed by atoms with Crippen LogP contribution in [-0.4, -0.2) is 16.5 Å². The second-order valence-corrected chi connectivity index (χ2v) is 5.62. The summed E-state index contributed by atoms with van der Waals surface area (Å²) in [6.45, 7) is 4.08. The molecule has 3 aromatic rings. The lowest BCUT2D eigenvalue weighted by atomic mass is 10.1. The zero-order valence-corrected chi connectivity index (χ0v) is 13.2. The van der Waals surface area contributed by atoms with Crippen molar-refractivity contribution in [3.8, 4) is 5.75 Å². The van der Waals surface area contributed by atoms with Crippen molar-refractivity contribution >= 4 is 5.65 Å². The van der Waals surface area contributed by atoms with Gasteiger partial charge in [-0.15, -0.1) is 0 Å². The number of benzene rings is 1. The van der Waals surface area contributed by atoms with Gasteiger partial charge in [0.1, 0.15) is 11.4 Å². The highest BCUT2D eigenvalue weighted by atomic mass is 16.5. The molecule has 2 aromatic heterocycles. The summed E-state index contributed by atoms with van der Waals surface area (Å²) < 4.78 is 7.45. The molecule has 0 saturated carbocycles. The first-order valence-electron chi connectivity index (χ1n) is 7.45. The van der Waals surface area contributed by atoms with Gasteiger partial charge < -0.3 is 10.5 Å². The first-order chi connectivity index (χ1) is 10.6. The van der Waals surface area contributed by atoms with Crippen molar-refractivity contribution in [3.05, 3.63) is 65.1 Å². The van der Waals surface area contributed by atoms with Gasteiger partial charge in [0.25, 0.3) is 0 Å². The Morgan fingerprint density at radius 1 is 1.23 bits per heavy atom. The Bertz CT molecular complexity index is 805. The lowest BCUT2D eigenvalue weighted by Crippen LogP contribution is -2.12. The van der Waals surface area contributed by atoms with E-state index in [0.29, 0.717) is 0 Å². The van der Waals surface area contributed by atoms with Crippen LogP contribution in [0.5, 0.6) is 5.75 Å². The molecule has 4 heteroatoms. The number of hydrogen-bond acceptors (Lipinski definition) is 3. The topological polar surface area (TPSA) is 52.5 Å². The van der Waals surface area contributed by atoms with Crippen LogP contribution >= 0.6 is 0 Å². The van der Waals surface area contributed by atoms with Crippen molar-refractivity contribution in [3.63, 3.8) is 0 Å². The number of nitrogens with two attached hydrogens (primary N) is 1. The standard InChI is InChI=1S/C18H21N3O/c1-12-6-4-9-17-20-16(18(13(2)19)21(12)17)11-14-7-5-8-15(10-14)22-3/h4-10,13H,11,19H2,1-3H3. The summed E-state index contributed by atoms with van der Waals surface area (Å²) in [7, 11) is 1.68. The zero-order chi connectivity index (χ0) is 15.7. The van der Waals surface area contributed by atoms with Crippen LogP contribution in [0.3, 0.4) is 0 Å². The van der Waals surface area contributed by atoms with Gasteiger partial charge in [-0.25, -0.2) is 4.98 Å². The third-order valence-electron chi connectivity index (χ3n) is 3.89. The number of methoxy groups -OCH3 is 1. The fourth-order valence-corrected chi connectivity index (χ4v) is 2.90. The number of aromatic nitrogens is 2. The second-order valence-electron chi connectivity index (χ2n) is 5.62. The number of hydrogen-bond donors (Lipinski definition) is 1. The number of aryl methyl sites for hydroxylation is 1. The van der Waals surface area contributed by atoms with Crippen LogP contribution in [0.15, 0.2) is 42.5 Å². The summed E-state index contributed by atoms with van der Waals surface area (Å²) in [5.41, 5.74) is 11.6. The Kier molecular flexibility index (Phi) is 3.86. The first-order valence-corrected chi connectivity index (χ1v) is 7.45. The molecular weight excluding hydrogens is 274 g/mol. The summed E-state index contributed by atoms with van der Waals surface area (Å²) in [4.78, 5) is 4.79. The number of pyridine rings is 1. The number of rotatable bonds is 4. The lowest BCUT2D eigenvalue weighted by molar-refractivity contribution is 0.414. The van der Waals surface area contributed by atoms with Gasteiger partial charge in [-0.2, -0.15) is 0 Å². The van der Waals surface area contributed by atoms with E-state index in [1.165, 1.54) is 5.56 Å². The molecule has 1 unspecified atom stereocenters. The van der Waals surface area contributed by atoms with E-state index in [9.17, 15) is 0 Å². The van der Waals surface area contributed by atoms with Gasteiger partial charge in [0, 0.05) is 18.2 Å². The predicted octanol–water partition coefficient (Wildman–Crippen LogP) is 3.26. The minimum atomic E-state index is -0.0725. The minimum absolute atomic E-state index is 0.0725. The van der Waals surface area contributed by atoms with Crippen LogP contribution < -0.4 is 10.5 Å². The third kappa shape index (κ3) is 2.57. The zero-order valence-electron chi connectivity index (χ0n) is 13.2. The van der Waals surface area contributed by atoms with Crippen LogP contribution in [0, 0.1) is 6.92 Å². The van der Waals surface area contributed by atoms with Crippen molar-refractivity contribution in [2.24, 2.45) is 5.73 Å². The molecule has 3 rings (SSSR count). The molecule has 2 heterocycles. The molecule has 114 valence electrons. The number of fused-ring (bicyclic) bond motifs is 1. The summed E-state index contributed by atoms with van der Waals surface area (Å²) in [5, 5.41) is 0. The monoisotopic (exact) mass is 295 g/mol. The molecule has 0 bridgehead atoms. The summed E-state index contributed by atoms with van der Waals surface area (Å²) >= 11 is 0. The van der Waals surface area contributed by atoms with Gasteiger partial charge in [0.15, 0.2) is 0 Å². The Labute approximate surface area is 130 Å². The van der Waals surface area contributed by atoms with E-state index >= 15 is 0 Å². The quantitative estimate of drug-likeness (QED) is 0.803. The van der Waals surface area contributed by atoms with E-state index in [4.69, 9.17) is 15.5 Å². The summed E-state index contributed by atoms with van der Waals surface area (Å²) in [5.74, 6) is 0.861. The van der Waals surface area contributed by atoms with Gasteiger partial charge in [-0.1, -0.05) is 18.2 Å². The maximum Gasteiger partial charge on any atom is 0.137 e. The lowest BCUT2D eigenvalue weighted by Gasteiger charge is -2.11. The molecule has 0 aliphatic carbocycles. The predicted molar refractivity (Wildman–Crippen MR) is 88.3 cm³/mol. The second kappa shape index (κ2) is 5.81.